The van der Waals surface area contributed by atoms with Crippen LogP contribution in [0.2, 0.25) is 0 Å². The van der Waals surface area contributed by atoms with Crippen molar-refractivity contribution in [1.29, 1.82) is 0 Å². The molecule has 210 valence electrons. The second kappa shape index (κ2) is 12.6. The number of ether oxygens (including phenoxy) is 2. The number of aliphatic hydroxyl groups excluding tert-OH is 1. The Bertz CT molecular complexity index is 915. The third kappa shape index (κ3) is 7.68. The molecule has 2 aliphatic rings. The molecule has 0 bridgehead atoms. The molecule has 2 rings (SSSR count). The van der Waals surface area contributed by atoms with Gasteiger partial charge in [0.2, 0.25) is 0 Å². The van der Waals surface area contributed by atoms with Gasteiger partial charge in [0.1, 0.15) is 12.7 Å². The van der Waals surface area contributed by atoms with Gasteiger partial charge in [0.05, 0.1) is 6.10 Å². The minimum Gasteiger partial charge on any atom is -0.478 e. The Hall–Kier alpha value is -2.15. The first kappa shape index (κ1) is 31.1. The largest absolute Gasteiger partial charge is 0.478 e. The predicted octanol–water partition coefficient (Wildman–Crippen LogP) is 5.85. The Kier molecular flexibility index (Phi) is 10.6. The van der Waals surface area contributed by atoms with Crippen LogP contribution in [0.25, 0.3) is 0 Å². The third-order valence-electron chi connectivity index (χ3n) is 8.27. The van der Waals surface area contributed by atoms with Gasteiger partial charge in [-0.2, -0.15) is 0 Å². The Morgan fingerprint density at radius 2 is 1.68 bits per heavy atom. The second-order valence-electron chi connectivity index (χ2n) is 12.6. The zero-order chi connectivity index (χ0) is 28.1. The Balaban J connectivity index is 2.44. The van der Waals surface area contributed by atoms with Gasteiger partial charge in [0.25, 0.3) is 0 Å². The summed E-state index contributed by atoms with van der Waals surface area (Å²) in [7, 11) is 0. The maximum atomic E-state index is 12.7. The molecule has 0 aliphatic heterocycles. The number of carboxylic acids is 1. The molecule has 0 radical (unpaired) electrons. The van der Waals surface area contributed by atoms with Crippen molar-refractivity contribution in [2.75, 3.05) is 6.61 Å². The maximum absolute atomic E-state index is 12.7. The number of allylic oxidation sites excluding steroid dienone is 2. The van der Waals surface area contributed by atoms with Crippen LogP contribution in [0, 0.1) is 28.6 Å². The summed E-state index contributed by atoms with van der Waals surface area (Å²) in [4.78, 5) is 36.4. The van der Waals surface area contributed by atoms with E-state index in [9.17, 15) is 19.5 Å². The van der Waals surface area contributed by atoms with Crippen LogP contribution in [0.15, 0.2) is 22.8 Å². The van der Waals surface area contributed by atoms with Crippen LogP contribution in [0.4, 0.5) is 0 Å². The highest BCUT2D eigenvalue weighted by atomic mass is 16.6. The lowest BCUT2D eigenvalue weighted by Gasteiger charge is -2.59. The van der Waals surface area contributed by atoms with E-state index in [4.69, 9.17) is 14.6 Å². The molecule has 0 aromatic carbocycles. The van der Waals surface area contributed by atoms with E-state index >= 15 is 0 Å². The molecule has 2 aliphatic carbocycles. The summed E-state index contributed by atoms with van der Waals surface area (Å²) >= 11 is 0. The first-order chi connectivity index (χ1) is 17.1. The Labute approximate surface area is 222 Å². The molecule has 5 atom stereocenters. The lowest BCUT2D eigenvalue weighted by molar-refractivity contribution is -0.197. The molecule has 0 aromatic heterocycles. The quantitative estimate of drug-likeness (QED) is 0.200. The molecule has 7 heteroatoms. The van der Waals surface area contributed by atoms with Crippen molar-refractivity contribution in [1.82, 2.24) is 0 Å². The van der Waals surface area contributed by atoms with Crippen LogP contribution in [0.3, 0.4) is 0 Å². The van der Waals surface area contributed by atoms with E-state index in [1.165, 1.54) is 11.6 Å². The van der Waals surface area contributed by atoms with Crippen molar-refractivity contribution in [3.63, 3.8) is 0 Å². The van der Waals surface area contributed by atoms with Gasteiger partial charge in [-0.25, -0.2) is 4.79 Å². The van der Waals surface area contributed by atoms with Crippen LogP contribution in [-0.4, -0.2) is 46.9 Å². The number of aliphatic hydroxyl groups is 1. The summed E-state index contributed by atoms with van der Waals surface area (Å²) in [6, 6.07) is 0. The smallest absolute Gasteiger partial charge is 0.328 e. The monoisotopic (exact) mass is 520 g/mol. The summed E-state index contributed by atoms with van der Waals surface area (Å²) in [5, 5.41) is 20.6. The summed E-state index contributed by atoms with van der Waals surface area (Å²) < 4.78 is 11.8. The molecule has 0 saturated heterocycles. The minimum absolute atomic E-state index is 0.0692. The molecule has 0 spiro atoms. The topological polar surface area (TPSA) is 110 Å². The van der Waals surface area contributed by atoms with Crippen molar-refractivity contribution >= 4 is 17.9 Å². The molecular weight excluding hydrogens is 472 g/mol. The highest BCUT2D eigenvalue weighted by molar-refractivity contribution is 5.80. The molecule has 2 N–H and O–H groups in total. The van der Waals surface area contributed by atoms with Crippen LogP contribution in [0.1, 0.15) is 100 Å². The number of hydrogen-bond acceptors (Lipinski definition) is 6. The molecule has 1 fully saturated rings. The zero-order valence-electron chi connectivity index (χ0n) is 24.1. The van der Waals surface area contributed by atoms with Crippen molar-refractivity contribution in [2.24, 2.45) is 28.6 Å². The number of carboxylic acid groups (broad SMARTS) is 1. The molecule has 37 heavy (non-hydrogen) atoms. The van der Waals surface area contributed by atoms with Gasteiger partial charge in [-0.3, -0.25) is 9.59 Å². The number of hydrogen-bond donors (Lipinski definition) is 2. The van der Waals surface area contributed by atoms with Crippen LogP contribution < -0.4 is 0 Å². The normalized spacial score (nSPS) is 30.4. The van der Waals surface area contributed by atoms with Crippen molar-refractivity contribution in [3.8, 4) is 0 Å². The first-order valence-corrected chi connectivity index (χ1v) is 13.7. The number of carbonyl (C=O) groups is 3. The Morgan fingerprint density at radius 1 is 1.08 bits per heavy atom. The fraction of sp³-hybridized carbons (Fsp3) is 0.767. The van der Waals surface area contributed by atoms with E-state index in [1.54, 1.807) is 0 Å². The zero-order valence-corrected chi connectivity index (χ0v) is 24.1. The average Bonchev–Trinajstić information content (AvgIpc) is 2.72. The van der Waals surface area contributed by atoms with Gasteiger partial charge in [-0.15, -0.1) is 0 Å². The van der Waals surface area contributed by atoms with Gasteiger partial charge in [-0.05, 0) is 63.2 Å². The van der Waals surface area contributed by atoms with Crippen molar-refractivity contribution in [3.05, 3.63) is 22.8 Å². The van der Waals surface area contributed by atoms with E-state index in [0.717, 1.165) is 17.6 Å². The minimum atomic E-state index is -0.953. The van der Waals surface area contributed by atoms with Gasteiger partial charge >= 0.3 is 17.9 Å². The van der Waals surface area contributed by atoms with Crippen LogP contribution >= 0.6 is 0 Å². The third-order valence-corrected chi connectivity index (χ3v) is 8.27. The molecule has 0 amide bonds. The Morgan fingerprint density at radius 3 is 2.24 bits per heavy atom. The van der Waals surface area contributed by atoms with Gasteiger partial charge < -0.3 is 19.7 Å². The van der Waals surface area contributed by atoms with E-state index in [2.05, 4.69) is 6.92 Å². The van der Waals surface area contributed by atoms with Gasteiger partial charge in [0.15, 0.2) is 0 Å². The van der Waals surface area contributed by atoms with Gasteiger partial charge in [-0.1, -0.05) is 58.3 Å². The lowest BCUT2D eigenvalue weighted by atomic mass is 9.47. The fourth-order valence-electron chi connectivity index (χ4n) is 6.74. The molecule has 5 unspecified atom stereocenters. The highest BCUT2D eigenvalue weighted by Gasteiger charge is 2.60. The predicted molar refractivity (Wildman–Crippen MR) is 143 cm³/mol. The van der Waals surface area contributed by atoms with Crippen LogP contribution in [0.5, 0.6) is 0 Å². The number of aliphatic carboxylic acids is 1. The molecular formula is C30H48O7. The lowest BCUT2D eigenvalue weighted by Crippen LogP contribution is -2.61. The summed E-state index contributed by atoms with van der Waals surface area (Å²) in [5.41, 5.74) is 1.98. The maximum Gasteiger partial charge on any atom is 0.328 e. The number of fused-ring (bicyclic) bond motifs is 1. The second-order valence-corrected chi connectivity index (χ2v) is 12.6. The van der Waals surface area contributed by atoms with E-state index < -0.39 is 29.0 Å². The highest BCUT2D eigenvalue weighted by Crippen LogP contribution is 2.61. The van der Waals surface area contributed by atoms with Crippen LogP contribution in [-0.2, 0) is 23.9 Å². The van der Waals surface area contributed by atoms with E-state index in [0.29, 0.717) is 38.5 Å². The van der Waals surface area contributed by atoms with Crippen molar-refractivity contribution < 1.29 is 34.1 Å². The molecule has 7 nitrogen and oxygen atoms in total. The fourth-order valence-corrected chi connectivity index (χ4v) is 6.74. The van der Waals surface area contributed by atoms with Gasteiger partial charge in [0, 0.05) is 30.3 Å². The number of carbonyl (C=O) groups excluding carboxylic acids is 2. The molecule has 0 aromatic rings. The molecule has 1 saturated carbocycles. The van der Waals surface area contributed by atoms with Crippen molar-refractivity contribution in [2.45, 2.75) is 113 Å². The van der Waals surface area contributed by atoms with E-state index in [-0.39, 0.29) is 36.3 Å². The first-order valence-electron chi connectivity index (χ1n) is 13.7. The summed E-state index contributed by atoms with van der Waals surface area (Å²) in [5.74, 6) is -1.48. The molecule has 0 heterocycles. The van der Waals surface area contributed by atoms with E-state index in [1.807, 2.05) is 48.5 Å². The standard InChI is InChI=1S/C30H48O7/c1-18(2)13-26(34)36-17-30(8)24(37-27(35)14-19(3)4)11-12-29(7)22(10-9-20(5)15-25(32)33)21(6)16-23(31)28(29)30/h15,18-19,23-24,28,31H,9-14,16-17H2,1-8H3,(H,32,33). The number of esters is 2. The SMILES string of the molecule is CC(=CC(=O)O)CCC1=C(C)CC(O)C2C1(C)CCC(OC(=O)CC(C)C)C2(C)COC(=O)CC(C)C. The average molecular weight is 521 g/mol. The number of rotatable bonds is 11. The summed E-state index contributed by atoms with van der Waals surface area (Å²) in [6.07, 6.45) is 3.82. The summed E-state index contributed by atoms with van der Waals surface area (Å²) in [6.45, 7) is 16.0.